The molecule has 1 aliphatic heterocycles. The minimum atomic E-state index is 0.765. The fourth-order valence-electron chi connectivity index (χ4n) is 4.84. The highest BCUT2D eigenvalue weighted by Crippen LogP contribution is 2.38. The number of nitrogens with zero attached hydrogens (tertiary/aromatic N) is 2. The number of anilines is 2. The third-order valence-corrected chi connectivity index (χ3v) is 7.19. The van der Waals surface area contributed by atoms with Crippen LogP contribution in [0.3, 0.4) is 0 Å². The smallest absolute Gasteiger partial charge is 0.188 e. The number of hydrogen-bond acceptors (Lipinski definition) is 5. The van der Waals surface area contributed by atoms with E-state index in [9.17, 15) is 0 Å². The molecule has 2 fully saturated rings. The Labute approximate surface area is 170 Å². The predicted molar refractivity (Wildman–Crippen MR) is 116 cm³/mol. The summed E-state index contributed by atoms with van der Waals surface area (Å²) in [5.74, 6) is 3.37. The Bertz CT molecular complexity index is 923. The molecule has 0 bridgehead atoms. The summed E-state index contributed by atoms with van der Waals surface area (Å²) in [5.41, 5.74) is 2.40. The number of fused-ring (bicyclic) bond motifs is 1. The second-order valence-corrected chi connectivity index (χ2v) is 9.04. The van der Waals surface area contributed by atoms with Crippen LogP contribution in [0.5, 0.6) is 0 Å². The Morgan fingerprint density at radius 1 is 1.04 bits per heavy atom. The van der Waals surface area contributed by atoms with E-state index in [1.165, 1.54) is 48.5 Å². The molecule has 1 aliphatic carbocycles. The van der Waals surface area contributed by atoms with E-state index in [1.54, 1.807) is 11.3 Å². The van der Waals surface area contributed by atoms with Crippen LogP contribution in [0.4, 0.5) is 10.9 Å². The van der Waals surface area contributed by atoms with Crippen molar-refractivity contribution in [1.82, 2.24) is 15.3 Å². The molecule has 5 rings (SSSR count). The van der Waals surface area contributed by atoms with Crippen molar-refractivity contribution in [2.24, 2.45) is 17.8 Å². The standard InChI is InChI=1S/C23H26N4S/c1-2-6-16(7-3-1)21-15-25-23(28-21)27-22-11-5-10-19(26-22)12-17-8-4-9-18-13-24-14-20(17)18/h1-3,5-7,10-11,15,17-18,20,24H,4,8-9,12-14H2,(H,25,26,27)/t17-,18-,20-/m1/s1. The molecule has 0 amide bonds. The molecule has 1 saturated heterocycles. The van der Waals surface area contributed by atoms with Crippen molar-refractivity contribution in [2.75, 3.05) is 18.4 Å². The summed E-state index contributed by atoms with van der Waals surface area (Å²) < 4.78 is 0. The zero-order valence-electron chi connectivity index (χ0n) is 16.0. The van der Waals surface area contributed by atoms with Crippen LogP contribution in [0.1, 0.15) is 25.0 Å². The van der Waals surface area contributed by atoms with Crippen LogP contribution in [0.15, 0.2) is 54.7 Å². The number of benzene rings is 1. The molecule has 3 atom stereocenters. The van der Waals surface area contributed by atoms with Gasteiger partial charge in [0.15, 0.2) is 5.13 Å². The first kappa shape index (κ1) is 17.8. The lowest BCUT2D eigenvalue weighted by Crippen LogP contribution is -2.28. The van der Waals surface area contributed by atoms with Crippen LogP contribution < -0.4 is 10.6 Å². The van der Waals surface area contributed by atoms with E-state index in [2.05, 4.69) is 52.0 Å². The average molecular weight is 391 g/mol. The lowest BCUT2D eigenvalue weighted by Gasteiger charge is -2.33. The van der Waals surface area contributed by atoms with Gasteiger partial charge in [-0.05, 0) is 67.8 Å². The number of nitrogens with one attached hydrogen (secondary N) is 2. The van der Waals surface area contributed by atoms with Crippen LogP contribution in [0.2, 0.25) is 0 Å². The Balaban J connectivity index is 1.28. The minimum Gasteiger partial charge on any atom is -0.316 e. The first-order chi connectivity index (χ1) is 13.8. The minimum absolute atomic E-state index is 0.765. The van der Waals surface area contributed by atoms with E-state index in [1.807, 2.05) is 18.3 Å². The molecule has 144 valence electrons. The summed E-state index contributed by atoms with van der Waals surface area (Å²) in [6, 6.07) is 16.7. The number of thiazole rings is 1. The van der Waals surface area contributed by atoms with Crippen molar-refractivity contribution in [1.29, 1.82) is 0 Å². The summed E-state index contributed by atoms with van der Waals surface area (Å²) >= 11 is 1.66. The fraction of sp³-hybridized carbons (Fsp3) is 0.391. The molecule has 3 aromatic rings. The number of aromatic nitrogens is 2. The summed E-state index contributed by atoms with van der Waals surface area (Å²) in [5, 5.41) is 7.89. The van der Waals surface area contributed by atoms with Crippen molar-refractivity contribution in [2.45, 2.75) is 25.7 Å². The second kappa shape index (κ2) is 8.02. The molecular formula is C23H26N4S. The van der Waals surface area contributed by atoms with Gasteiger partial charge in [0.05, 0.1) is 4.88 Å². The molecule has 2 aliphatic rings. The maximum atomic E-state index is 4.89. The first-order valence-corrected chi connectivity index (χ1v) is 11.1. The quantitative estimate of drug-likeness (QED) is 0.634. The highest BCUT2D eigenvalue weighted by molar-refractivity contribution is 7.18. The van der Waals surface area contributed by atoms with Gasteiger partial charge in [0.2, 0.25) is 0 Å². The highest BCUT2D eigenvalue weighted by atomic mass is 32.1. The molecule has 0 radical (unpaired) electrons. The van der Waals surface area contributed by atoms with Gasteiger partial charge < -0.3 is 10.6 Å². The molecule has 2 N–H and O–H groups in total. The molecule has 1 aromatic carbocycles. The summed E-state index contributed by atoms with van der Waals surface area (Å²) in [4.78, 5) is 10.6. The number of pyridine rings is 1. The van der Waals surface area contributed by atoms with Gasteiger partial charge in [0.1, 0.15) is 5.82 Å². The van der Waals surface area contributed by atoms with Crippen molar-refractivity contribution < 1.29 is 0 Å². The van der Waals surface area contributed by atoms with Crippen LogP contribution in [-0.4, -0.2) is 23.1 Å². The lowest BCUT2D eigenvalue weighted by molar-refractivity contribution is 0.197. The van der Waals surface area contributed by atoms with Crippen LogP contribution in [-0.2, 0) is 6.42 Å². The average Bonchev–Trinajstić information content (AvgIpc) is 3.39. The van der Waals surface area contributed by atoms with Crippen LogP contribution in [0.25, 0.3) is 10.4 Å². The van der Waals surface area contributed by atoms with Gasteiger partial charge in [-0.3, -0.25) is 0 Å². The molecule has 2 aromatic heterocycles. The van der Waals surface area contributed by atoms with Gasteiger partial charge in [-0.15, -0.1) is 0 Å². The highest BCUT2D eigenvalue weighted by Gasteiger charge is 2.36. The van der Waals surface area contributed by atoms with Crippen molar-refractivity contribution in [3.8, 4) is 10.4 Å². The zero-order valence-corrected chi connectivity index (χ0v) is 16.8. The van der Waals surface area contributed by atoms with Crippen molar-refractivity contribution in [3.63, 3.8) is 0 Å². The Morgan fingerprint density at radius 2 is 1.96 bits per heavy atom. The third-order valence-electron chi connectivity index (χ3n) is 6.22. The normalized spacial score (nSPS) is 24.1. The Hall–Kier alpha value is -2.24. The summed E-state index contributed by atoms with van der Waals surface area (Å²) in [7, 11) is 0. The van der Waals surface area contributed by atoms with Gasteiger partial charge in [-0.1, -0.05) is 54.2 Å². The van der Waals surface area contributed by atoms with Gasteiger partial charge in [-0.25, -0.2) is 9.97 Å². The molecule has 28 heavy (non-hydrogen) atoms. The maximum absolute atomic E-state index is 4.89. The third kappa shape index (κ3) is 3.82. The largest absolute Gasteiger partial charge is 0.316 e. The van der Waals surface area contributed by atoms with Gasteiger partial charge in [0, 0.05) is 11.9 Å². The Morgan fingerprint density at radius 3 is 2.89 bits per heavy atom. The van der Waals surface area contributed by atoms with E-state index in [0.717, 1.165) is 35.1 Å². The van der Waals surface area contributed by atoms with Crippen LogP contribution in [0, 0.1) is 17.8 Å². The molecule has 5 heteroatoms. The number of rotatable bonds is 5. The molecule has 4 nitrogen and oxygen atoms in total. The van der Waals surface area contributed by atoms with E-state index < -0.39 is 0 Å². The van der Waals surface area contributed by atoms with Crippen LogP contribution >= 0.6 is 11.3 Å². The summed E-state index contributed by atoms with van der Waals surface area (Å²) in [6.07, 6.45) is 7.13. The van der Waals surface area contributed by atoms with Crippen molar-refractivity contribution >= 4 is 22.3 Å². The van der Waals surface area contributed by atoms with E-state index in [0.29, 0.717) is 0 Å². The van der Waals surface area contributed by atoms with Crippen molar-refractivity contribution in [3.05, 3.63) is 60.4 Å². The molecule has 0 spiro atoms. The lowest BCUT2D eigenvalue weighted by atomic mass is 9.72. The molecule has 0 unspecified atom stereocenters. The first-order valence-electron chi connectivity index (χ1n) is 10.3. The molecule has 3 heterocycles. The predicted octanol–water partition coefficient (Wildman–Crippen LogP) is 5.13. The van der Waals surface area contributed by atoms with E-state index in [4.69, 9.17) is 4.98 Å². The van der Waals surface area contributed by atoms with Gasteiger partial charge >= 0.3 is 0 Å². The van der Waals surface area contributed by atoms with E-state index in [-0.39, 0.29) is 0 Å². The van der Waals surface area contributed by atoms with Gasteiger partial charge in [-0.2, -0.15) is 0 Å². The maximum Gasteiger partial charge on any atom is 0.188 e. The molecule has 1 saturated carbocycles. The molecular weight excluding hydrogens is 364 g/mol. The summed E-state index contributed by atoms with van der Waals surface area (Å²) in [6.45, 7) is 2.40. The zero-order chi connectivity index (χ0) is 18.8. The fourth-order valence-corrected chi connectivity index (χ4v) is 5.67. The second-order valence-electron chi connectivity index (χ2n) is 8.01. The monoisotopic (exact) mass is 390 g/mol. The van der Waals surface area contributed by atoms with Gasteiger partial charge in [0.25, 0.3) is 0 Å². The SMILES string of the molecule is c1ccc(-c2cnc(Nc3cccc(C[C@H]4CCC[C@@H]5CNC[C@@H]54)n3)s2)cc1. The Kier molecular flexibility index (Phi) is 5.10. The number of hydrogen-bond donors (Lipinski definition) is 2. The topological polar surface area (TPSA) is 49.8 Å². The van der Waals surface area contributed by atoms with E-state index >= 15 is 0 Å².